The molecular weight excluding hydrogens is 298 g/mol. The third kappa shape index (κ3) is 4.70. The fourth-order valence-electron chi connectivity index (χ4n) is 2.13. The van der Waals surface area contributed by atoms with Crippen LogP contribution in [-0.4, -0.2) is 36.6 Å². The Morgan fingerprint density at radius 1 is 1.29 bits per heavy atom. The van der Waals surface area contributed by atoms with Crippen molar-refractivity contribution in [3.8, 4) is 0 Å². The van der Waals surface area contributed by atoms with Crippen LogP contribution < -0.4 is 0 Å². The Bertz CT molecular complexity index is 563. The van der Waals surface area contributed by atoms with Gasteiger partial charge in [-0.1, -0.05) is 18.2 Å². The molecule has 1 aromatic carbocycles. The summed E-state index contributed by atoms with van der Waals surface area (Å²) in [7, 11) is 2.02. The zero-order chi connectivity index (χ0) is 15.2. The highest BCUT2D eigenvalue weighted by atomic mass is 32.2. The number of thiophene rings is 1. The van der Waals surface area contributed by atoms with E-state index in [0.717, 1.165) is 12.0 Å². The summed E-state index contributed by atoms with van der Waals surface area (Å²) in [4.78, 5) is 17.0. The Kier molecular flexibility index (Phi) is 6.03. The Morgan fingerprint density at radius 2 is 2.00 bits per heavy atom. The number of carbonyl (C=O) groups is 1. The molecule has 4 heteroatoms. The first-order valence-electron chi connectivity index (χ1n) is 7.00. The average Bonchev–Trinajstić information content (AvgIpc) is 3.00. The van der Waals surface area contributed by atoms with Crippen LogP contribution in [0.3, 0.4) is 0 Å². The highest BCUT2D eigenvalue weighted by Crippen LogP contribution is 2.16. The zero-order valence-corrected chi connectivity index (χ0v) is 14.3. The molecule has 0 saturated heterocycles. The highest BCUT2D eigenvalue weighted by molar-refractivity contribution is 7.98. The number of nitrogens with zero attached hydrogens (tertiary/aromatic N) is 1. The first-order valence-corrected chi connectivity index (χ1v) is 9.10. The summed E-state index contributed by atoms with van der Waals surface area (Å²) in [5.74, 6) is 0.184. The van der Waals surface area contributed by atoms with Crippen molar-refractivity contribution in [1.29, 1.82) is 0 Å². The average molecular weight is 319 g/mol. The molecule has 0 aliphatic carbocycles. The molecule has 112 valence electrons. The summed E-state index contributed by atoms with van der Waals surface area (Å²) < 4.78 is 0. The van der Waals surface area contributed by atoms with E-state index in [1.165, 1.54) is 9.77 Å². The summed E-state index contributed by atoms with van der Waals surface area (Å²) in [6, 6.07) is 12.4. The standard InChI is InChI=1S/C17H21NOS2/c1-13(11-16-5-4-10-21-16)18(2)12-17(19)14-6-8-15(20-3)9-7-14/h4-10,13H,11-12H2,1-3H3. The molecule has 0 radical (unpaired) electrons. The molecular formula is C17H21NOS2. The molecule has 0 fully saturated rings. The lowest BCUT2D eigenvalue weighted by atomic mass is 10.1. The number of benzene rings is 1. The van der Waals surface area contributed by atoms with Crippen LogP contribution in [0.1, 0.15) is 22.2 Å². The smallest absolute Gasteiger partial charge is 0.176 e. The molecule has 2 nitrogen and oxygen atoms in total. The van der Waals surface area contributed by atoms with E-state index >= 15 is 0 Å². The maximum Gasteiger partial charge on any atom is 0.176 e. The minimum Gasteiger partial charge on any atom is -0.296 e. The Labute approximate surface area is 135 Å². The highest BCUT2D eigenvalue weighted by Gasteiger charge is 2.15. The molecule has 0 bridgehead atoms. The van der Waals surface area contributed by atoms with Gasteiger partial charge >= 0.3 is 0 Å². The van der Waals surface area contributed by atoms with E-state index in [1.54, 1.807) is 23.1 Å². The molecule has 0 amide bonds. The van der Waals surface area contributed by atoms with Crippen molar-refractivity contribution in [2.24, 2.45) is 0 Å². The molecule has 0 aliphatic rings. The third-order valence-electron chi connectivity index (χ3n) is 3.63. The van der Waals surface area contributed by atoms with Crippen molar-refractivity contribution >= 4 is 28.9 Å². The molecule has 1 unspecified atom stereocenters. The van der Waals surface area contributed by atoms with Crippen LogP contribution in [-0.2, 0) is 6.42 Å². The van der Waals surface area contributed by atoms with Crippen LogP contribution in [0.4, 0.5) is 0 Å². The summed E-state index contributed by atoms with van der Waals surface area (Å²) in [5.41, 5.74) is 0.794. The second kappa shape index (κ2) is 7.78. The number of hydrogen-bond acceptors (Lipinski definition) is 4. The minimum atomic E-state index is 0.184. The normalized spacial score (nSPS) is 12.6. The van der Waals surface area contributed by atoms with Gasteiger partial charge in [-0.2, -0.15) is 0 Å². The number of thioether (sulfide) groups is 1. The molecule has 0 aliphatic heterocycles. The lowest BCUT2D eigenvalue weighted by Gasteiger charge is -2.23. The SMILES string of the molecule is CSc1ccc(C(=O)CN(C)C(C)Cc2cccs2)cc1. The molecule has 2 aromatic rings. The van der Waals surface area contributed by atoms with Crippen molar-refractivity contribution in [2.75, 3.05) is 19.8 Å². The van der Waals surface area contributed by atoms with Crippen LogP contribution >= 0.6 is 23.1 Å². The van der Waals surface area contributed by atoms with Crippen molar-refractivity contribution in [3.63, 3.8) is 0 Å². The van der Waals surface area contributed by atoms with Gasteiger partial charge in [0, 0.05) is 21.4 Å². The molecule has 2 rings (SSSR count). The van der Waals surface area contributed by atoms with Gasteiger partial charge in [-0.05, 0) is 50.2 Å². The van der Waals surface area contributed by atoms with Crippen LogP contribution in [0.2, 0.25) is 0 Å². The maximum absolute atomic E-state index is 12.3. The second-order valence-corrected chi connectivity index (χ2v) is 7.11. The summed E-state index contributed by atoms with van der Waals surface area (Å²) in [5, 5.41) is 2.10. The second-order valence-electron chi connectivity index (χ2n) is 5.20. The fraction of sp³-hybridized carbons (Fsp3) is 0.353. The van der Waals surface area contributed by atoms with E-state index in [2.05, 4.69) is 29.3 Å². The summed E-state index contributed by atoms with van der Waals surface area (Å²) in [6.07, 6.45) is 3.03. The van der Waals surface area contributed by atoms with Gasteiger partial charge in [-0.3, -0.25) is 9.69 Å². The lowest BCUT2D eigenvalue weighted by Crippen LogP contribution is -2.35. The zero-order valence-electron chi connectivity index (χ0n) is 12.7. The van der Waals surface area contributed by atoms with Gasteiger partial charge in [0.05, 0.1) is 6.54 Å². The van der Waals surface area contributed by atoms with Crippen molar-refractivity contribution in [3.05, 3.63) is 52.2 Å². The van der Waals surface area contributed by atoms with Gasteiger partial charge < -0.3 is 0 Å². The topological polar surface area (TPSA) is 20.3 Å². The molecule has 0 N–H and O–H groups in total. The molecule has 21 heavy (non-hydrogen) atoms. The van der Waals surface area contributed by atoms with Gasteiger partial charge in [0.2, 0.25) is 0 Å². The first-order chi connectivity index (χ1) is 10.1. The Hall–Kier alpha value is -1.10. The van der Waals surface area contributed by atoms with E-state index in [1.807, 2.05) is 37.6 Å². The maximum atomic E-state index is 12.3. The van der Waals surface area contributed by atoms with E-state index in [4.69, 9.17) is 0 Å². The number of hydrogen-bond donors (Lipinski definition) is 0. The van der Waals surface area contributed by atoms with Gasteiger partial charge in [0.15, 0.2) is 5.78 Å². The van der Waals surface area contributed by atoms with Crippen LogP contribution in [0.25, 0.3) is 0 Å². The molecule has 1 aromatic heterocycles. The molecule has 1 atom stereocenters. The van der Waals surface area contributed by atoms with Crippen LogP contribution in [0.15, 0.2) is 46.7 Å². The van der Waals surface area contributed by atoms with Gasteiger partial charge in [-0.25, -0.2) is 0 Å². The van der Waals surface area contributed by atoms with Gasteiger partial charge in [0.1, 0.15) is 0 Å². The monoisotopic (exact) mass is 319 g/mol. The minimum absolute atomic E-state index is 0.184. The van der Waals surface area contributed by atoms with Gasteiger partial charge in [0.25, 0.3) is 0 Å². The Morgan fingerprint density at radius 3 is 2.57 bits per heavy atom. The molecule has 0 spiro atoms. The van der Waals surface area contributed by atoms with Gasteiger partial charge in [-0.15, -0.1) is 23.1 Å². The Balaban J connectivity index is 1.91. The van der Waals surface area contributed by atoms with E-state index in [-0.39, 0.29) is 5.78 Å². The van der Waals surface area contributed by atoms with Crippen molar-refractivity contribution < 1.29 is 4.79 Å². The summed E-state index contributed by atoms with van der Waals surface area (Å²) >= 11 is 3.46. The van der Waals surface area contributed by atoms with E-state index in [9.17, 15) is 4.79 Å². The first kappa shape index (κ1) is 16.3. The quantitative estimate of drug-likeness (QED) is 0.563. The van der Waals surface area contributed by atoms with Crippen molar-refractivity contribution in [1.82, 2.24) is 4.90 Å². The van der Waals surface area contributed by atoms with E-state index in [0.29, 0.717) is 12.6 Å². The third-order valence-corrected chi connectivity index (χ3v) is 5.28. The number of ketones is 1. The molecule has 0 saturated carbocycles. The van der Waals surface area contributed by atoms with Crippen LogP contribution in [0.5, 0.6) is 0 Å². The predicted octanol–water partition coefficient (Wildman–Crippen LogP) is 4.22. The molecule has 1 heterocycles. The number of carbonyl (C=O) groups excluding carboxylic acids is 1. The fourth-order valence-corrected chi connectivity index (χ4v) is 3.36. The number of rotatable bonds is 7. The number of Topliss-reactive ketones (excluding diaryl/α,β-unsaturated/α-hetero) is 1. The van der Waals surface area contributed by atoms with Crippen molar-refractivity contribution in [2.45, 2.75) is 24.3 Å². The van der Waals surface area contributed by atoms with E-state index < -0.39 is 0 Å². The largest absolute Gasteiger partial charge is 0.296 e. The lowest BCUT2D eigenvalue weighted by molar-refractivity contribution is 0.0924. The predicted molar refractivity (Wildman–Crippen MR) is 92.7 cm³/mol. The number of likely N-dealkylation sites (N-methyl/N-ethyl adjacent to an activating group) is 1. The van der Waals surface area contributed by atoms with Crippen LogP contribution in [0, 0.1) is 0 Å². The summed E-state index contributed by atoms with van der Waals surface area (Å²) in [6.45, 7) is 2.63.